The molecular weight excluding hydrogens is 166 g/mol. The molecule has 1 aliphatic heterocycles. The largest absolute Gasteiger partial charge is 0.381 e. The average molecular weight is 187 g/mol. The predicted octanol–water partition coefficient (Wildman–Crippen LogP) is 1.17. The maximum absolute atomic E-state index is 6.10. The summed E-state index contributed by atoms with van der Waals surface area (Å²) in [6, 6.07) is 0.170. The van der Waals surface area contributed by atoms with Crippen molar-refractivity contribution in [3.8, 4) is 0 Å². The summed E-state index contributed by atoms with van der Waals surface area (Å²) in [5.74, 6) is 0.579. The van der Waals surface area contributed by atoms with E-state index in [0.29, 0.717) is 5.92 Å². The van der Waals surface area contributed by atoms with Crippen molar-refractivity contribution in [2.75, 3.05) is 19.8 Å². The van der Waals surface area contributed by atoms with Gasteiger partial charge in [0, 0.05) is 25.9 Å². The lowest BCUT2D eigenvalue weighted by atomic mass is 9.89. The molecule has 1 fully saturated rings. The van der Waals surface area contributed by atoms with Crippen LogP contribution < -0.4 is 5.73 Å². The Balaban J connectivity index is 2.31. The van der Waals surface area contributed by atoms with Crippen molar-refractivity contribution >= 4 is 0 Å². The van der Waals surface area contributed by atoms with E-state index < -0.39 is 0 Å². The monoisotopic (exact) mass is 187 g/mol. The SMILES string of the molecule is CCOC(C)C(N)C1CCOCC1. The second kappa shape index (κ2) is 5.58. The second-order valence-corrected chi connectivity index (χ2v) is 3.69. The third kappa shape index (κ3) is 3.25. The van der Waals surface area contributed by atoms with Crippen LogP contribution in [-0.2, 0) is 9.47 Å². The van der Waals surface area contributed by atoms with Gasteiger partial charge in [0.2, 0.25) is 0 Å². The molecule has 0 aromatic rings. The van der Waals surface area contributed by atoms with Crippen molar-refractivity contribution in [3.63, 3.8) is 0 Å². The minimum atomic E-state index is 0.170. The number of rotatable bonds is 4. The van der Waals surface area contributed by atoms with E-state index in [0.717, 1.165) is 32.7 Å². The van der Waals surface area contributed by atoms with Gasteiger partial charge in [-0.15, -0.1) is 0 Å². The maximum Gasteiger partial charge on any atom is 0.0700 e. The lowest BCUT2D eigenvalue weighted by Crippen LogP contribution is -2.43. The maximum atomic E-state index is 6.10. The Hall–Kier alpha value is -0.120. The van der Waals surface area contributed by atoms with Gasteiger partial charge >= 0.3 is 0 Å². The van der Waals surface area contributed by atoms with Crippen molar-refractivity contribution in [3.05, 3.63) is 0 Å². The smallest absolute Gasteiger partial charge is 0.0700 e. The fourth-order valence-electron chi connectivity index (χ4n) is 1.86. The summed E-state index contributed by atoms with van der Waals surface area (Å²) in [5, 5.41) is 0. The van der Waals surface area contributed by atoms with E-state index in [1.807, 2.05) is 6.92 Å². The van der Waals surface area contributed by atoms with Gasteiger partial charge in [0.15, 0.2) is 0 Å². The first kappa shape index (κ1) is 11.0. The summed E-state index contributed by atoms with van der Waals surface area (Å²) in [7, 11) is 0. The van der Waals surface area contributed by atoms with Gasteiger partial charge in [0.05, 0.1) is 6.10 Å². The van der Waals surface area contributed by atoms with Gasteiger partial charge in [-0.05, 0) is 32.6 Å². The normalized spacial score (nSPS) is 24.2. The Labute approximate surface area is 80.6 Å². The van der Waals surface area contributed by atoms with Gasteiger partial charge in [-0.25, -0.2) is 0 Å². The zero-order chi connectivity index (χ0) is 9.68. The molecule has 0 saturated carbocycles. The predicted molar refractivity (Wildman–Crippen MR) is 52.6 cm³/mol. The van der Waals surface area contributed by atoms with E-state index in [-0.39, 0.29) is 12.1 Å². The molecule has 1 saturated heterocycles. The highest BCUT2D eigenvalue weighted by atomic mass is 16.5. The van der Waals surface area contributed by atoms with Gasteiger partial charge < -0.3 is 15.2 Å². The summed E-state index contributed by atoms with van der Waals surface area (Å²) >= 11 is 0. The topological polar surface area (TPSA) is 44.5 Å². The Morgan fingerprint density at radius 3 is 2.62 bits per heavy atom. The zero-order valence-electron chi connectivity index (χ0n) is 8.66. The van der Waals surface area contributed by atoms with E-state index in [1.165, 1.54) is 0 Å². The first-order valence-electron chi connectivity index (χ1n) is 5.20. The van der Waals surface area contributed by atoms with Crippen molar-refractivity contribution in [2.24, 2.45) is 11.7 Å². The van der Waals surface area contributed by atoms with Crippen LogP contribution in [0.15, 0.2) is 0 Å². The van der Waals surface area contributed by atoms with E-state index in [9.17, 15) is 0 Å². The third-order valence-electron chi connectivity index (χ3n) is 2.78. The minimum absolute atomic E-state index is 0.170. The van der Waals surface area contributed by atoms with Crippen LogP contribution in [0.1, 0.15) is 26.7 Å². The molecule has 0 aromatic carbocycles. The molecule has 1 rings (SSSR count). The molecule has 0 bridgehead atoms. The first-order valence-corrected chi connectivity index (χ1v) is 5.20. The molecule has 78 valence electrons. The standard InChI is InChI=1S/C10H21NO2/c1-3-13-8(2)10(11)9-4-6-12-7-5-9/h8-10H,3-7,11H2,1-2H3. The lowest BCUT2D eigenvalue weighted by Gasteiger charge is -2.31. The average Bonchev–Trinajstić information content (AvgIpc) is 2.18. The van der Waals surface area contributed by atoms with Crippen LogP contribution in [0, 0.1) is 5.92 Å². The molecule has 0 aliphatic carbocycles. The van der Waals surface area contributed by atoms with Gasteiger partial charge in [-0.1, -0.05) is 0 Å². The summed E-state index contributed by atoms with van der Waals surface area (Å²) < 4.78 is 10.8. The molecule has 0 amide bonds. The van der Waals surface area contributed by atoms with E-state index in [4.69, 9.17) is 15.2 Å². The Morgan fingerprint density at radius 1 is 1.46 bits per heavy atom. The molecule has 0 radical (unpaired) electrons. The highest BCUT2D eigenvalue weighted by Gasteiger charge is 2.25. The second-order valence-electron chi connectivity index (χ2n) is 3.69. The number of hydrogen-bond donors (Lipinski definition) is 1. The van der Waals surface area contributed by atoms with Crippen molar-refractivity contribution in [1.29, 1.82) is 0 Å². The third-order valence-corrected chi connectivity index (χ3v) is 2.78. The lowest BCUT2D eigenvalue weighted by molar-refractivity contribution is 0.00674. The molecule has 0 spiro atoms. The van der Waals surface area contributed by atoms with Crippen LogP contribution >= 0.6 is 0 Å². The van der Waals surface area contributed by atoms with Crippen LogP contribution in [0.25, 0.3) is 0 Å². The molecule has 0 aromatic heterocycles. The van der Waals surface area contributed by atoms with Crippen LogP contribution in [0.2, 0.25) is 0 Å². The van der Waals surface area contributed by atoms with E-state index in [1.54, 1.807) is 0 Å². The highest BCUT2D eigenvalue weighted by Crippen LogP contribution is 2.20. The van der Waals surface area contributed by atoms with Crippen LogP contribution in [-0.4, -0.2) is 32.0 Å². The molecule has 13 heavy (non-hydrogen) atoms. The van der Waals surface area contributed by atoms with E-state index >= 15 is 0 Å². The molecule has 1 heterocycles. The Kier molecular flexibility index (Phi) is 4.70. The number of hydrogen-bond acceptors (Lipinski definition) is 3. The van der Waals surface area contributed by atoms with Gasteiger partial charge in [-0.2, -0.15) is 0 Å². The van der Waals surface area contributed by atoms with Crippen LogP contribution in [0.5, 0.6) is 0 Å². The van der Waals surface area contributed by atoms with Crippen molar-refractivity contribution in [1.82, 2.24) is 0 Å². The summed E-state index contributed by atoms with van der Waals surface area (Å²) in [6.45, 7) is 6.53. The van der Waals surface area contributed by atoms with Crippen molar-refractivity contribution in [2.45, 2.75) is 38.8 Å². The first-order chi connectivity index (χ1) is 6.25. The number of nitrogens with two attached hydrogens (primary N) is 1. The van der Waals surface area contributed by atoms with E-state index in [2.05, 4.69) is 6.92 Å². The highest BCUT2D eigenvalue weighted by molar-refractivity contribution is 4.80. The molecule has 1 aliphatic rings. The van der Waals surface area contributed by atoms with Crippen molar-refractivity contribution < 1.29 is 9.47 Å². The molecule has 3 nitrogen and oxygen atoms in total. The molecular formula is C10H21NO2. The summed E-state index contributed by atoms with van der Waals surface area (Å²) in [4.78, 5) is 0. The molecule has 2 atom stereocenters. The van der Waals surface area contributed by atoms with Gasteiger partial charge in [-0.3, -0.25) is 0 Å². The number of ether oxygens (including phenoxy) is 2. The minimum Gasteiger partial charge on any atom is -0.381 e. The van der Waals surface area contributed by atoms with Gasteiger partial charge in [0.25, 0.3) is 0 Å². The van der Waals surface area contributed by atoms with Crippen LogP contribution in [0.4, 0.5) is 0 Å². The Bertz CT molecular complexity index is 135. The fraction of sp³-hybridized carbons (Fsp3) is 1.00. The quantitative estimate of drug-likeness (QED) is 0.718. The molecule has 2 N–H and O–H groups in total. The molecule has 3 heteroatoms. The van der Waals surface area contributed by atoms with Gasteiger partial charge in [0.1, 0.15) is 0 Å². The molecule has 2 unspecified atom stereocenters. The summed E-state index contributed by atoms with van der Waals surface area (Å²) in [5.41, 5.74) is 6.10. The fourth-order valence-corrected chi connectivity index (χ4v) is 1.86. The zero-order valence-corrected chi connectivity index (χ0v) is 8.66. The van der Waals surface area contributed by atoms with Crippen LogP contribution in [0.3, 0.4) is 0 Å². The summed E-state index contributed by atoms with van der Waals surface area (Å²) in [6.07, 6.45) is 2.34. The Morgan fingerprint density at radius 2 is 2.08 bits per heavy atom.